The molecule has 0 fully saturated rings. The molecule has 0 radical (unpaired) electrons. The lowest BCUT2D eigenvalue weighted by molar-refractivity contribution is -0.145. The van der Waals surface area contributed by atoms with Crippen LogP contribution in [-0.4, -0.2) is 29.3 Å². The average molecular weight is 495 g/mol. The van der Waals surface area contributed by atoms with E-state index in [2.05, 4.69) is 11.9 Å². The standard InChI is InChI=1S/C27H30N2O5S/c1-3-4-8-17-33-24-13-11-21(12-14-24)25(31)15-16-26(32)34-18-22-19-35-27(28-22)29(20(2)30)23-9-6-5-7-10-23/h5-7,9-14,19H,3-4,8,15-18H2,1-2H3. The molecule has 0 unspecified atom stereocenters. The maximum absolute atomic E-state index is 12.4. The molecule has 0 saturated heterocycles. The number of aromatic nitrogens is 1. The van der Waals surface area contributed by atoms with Gasteiger partial charge in [0.25, 0.3) is 0 Å². The molecule has 3 rings (SSSR count). The van der Waals surface area contributed by atoms with Crippen LogP contribution in [0.5, 0.6) is 5.75 Å². The lowest BCUT2D eigenvalue weighted by atomic mass is 10.1. The Morgan fingerprint density at radius 2 is 1.71 bits per heavy atom. The Morgan fingerprint density at radius 3 is 2.40 bits per heavy atom. The van der Waals surface area contributed by atoms with Gasteiger partial charge < -0.3 is 9.47 Å². The highest BCUT2D eigenvalue weighted by Gasteiger charge is 2.18. The van der Waals surface area contributed by atoms with Crippen LogP contribution in [0.1, 0.15) is 62.0 Å². The van der Waals surface area contributed by atoms with Gasteiger partial charge in [0.1, 0.15) is 12.4 Å². The number of unbranched alkanes of at least 4 members (excludes halogenated alkanes) is 2. The van der Waals surface area contributed by atoms with Gasteiger partial charge in [0, 0.05) is 24.3 Å². The van der Waals surface area contributed by atoms with Gasteiger partial charge in [-0.25, -0.2) is 4.98 Å². The normalized spacial score (nSPS) is 10.6. The van der Waals surface area contributed by atoms with Crippen molar-refractivity contribution in [2.24, 2.45) is 0 Å². The molecule has 0 saturated carbocycles. The number of para-hydroxylation sites is 1. The Balaban J connectivity index is 1.45. The SMILES string of the molecule is CCCCCOc1ccc(C(=O)CCC(=O)OCc2csc(N(C(C)=O)c3ccccc3)n2)cc1. The Labute approximate surface area is 209 Å². The fraction of sp³-hybridized carbons (Fsp3) is 0.333. The van der Waals surface area contributed by atoms with Crippen LogP contribution >= 0.6 is 11.3 Å². The zero-order chi connectivity index (χ0) is 25.0. The molecule has 0 aliphatic rings. The van der Waals surface area contributed by atoms with Gasteiger partial charge in [0.05, 0.1) is 24.4 Å². The Morgan fingerprint density at radius 1 is 0.971 bits per heavy atom. The maximum Gasteiger partial charge on any atom is 0.306 e. The first-order chi connectivity index (χ1) is 17.0. The average Bonchev–Trinajstić information content (AvgIpc) is 3.33. The topological polar surface area (TPSA) is 85.8 Å². The second kappa shape index (κ2) is 13.4. The Hall–Kier alpha value is -3.52. The van der Waals surface area contributed by atoms with Crippen molar-refractivity contribution in [2.45, 2.75) is 52.6 Å². The minimum Gasteiger partial charge on any atom is -0.494 e. The van der Waals surface area contributed by atoms with E-state index in [1.807, 2.05) is 30.3 Å². The molecule has 0 aliphatic carbocycles. The fourth-order valence-corrected chi connectivity index (χ4v) is 4.21. The van der Waals surface area contributed by atoms with Crippen molar-refractivity contribution in [3.8, 4) is 5.75 Å². The lowest BCUT2D eigenvalue weighted by Gasteiger charge is -2.17. The minimum atomic E-state index is -0.477. The summed E-state index contributed by atoms with van der Waals surface area (Å²) in [6, 6.07) is 16.2. The number of carbonyl (C=O) groups excluding carboxylic acids is 3. The smallest absolute Gasteiger partial charge is 0.306 e. The highest BCUT2D eigenvalue weighted by molar-refractivity contribution is 7.14. The second-order valence-electron chi connectivity index (χ2n) is 7.98. The van der Waals surface area contributed by atoms with E-state index in [4.69, 9.17) is 9.47 Å². The maximum atomic E-state index is 12.4. The first-order valence-electron chi connectivity index (χ1n) is 11.7. The van der Waals surface area contributed by atoms with Crippen LogP contribution in [0, 0.1) is 0 Å². The van der Waals surface area contributed by atoms with Crippen molar-refractivity contribution in [2.75, 3.05) is 11.5 Å². The number of anilines is 2. The summed E-state index contributed by atoms with van der Waals surface area (Å²) in [4.78, 5) is 42.7. The molecular formula is C27H30N2O5S. The fourth-order valence-electron chi connectivity index (χ4n) is 3.33. The monoisotopic (exact) mass is 494 g/mol. The number of ether oxygens (including phenoxy) is 2. The van der Waals surface area contributed by atoms with Gasteiger partial charge in [-0.1, -0.05) is 38.0 Å². The molecule has 184 valence electrons. The minimum absolute atomic E-state index is 0.0192. The van der Waals surface area contributed by atoms with Gasteiger partial charge in [-0.15, -0.1) is 11.3 Å². The molecule has 35 heavy (non-hydrogen) atoms. The van der Waals surface area contributed by atoms with Crippen LogP contribution in [0.15, 0.2) is 60.0 Å². The van der Waals surface area contributed by atoms with Crippen molar-refractivity contribution < 1.29 is 23.9 Å². The highest BCUT2D eigenvalue weighted by atomic mass is 32.1. The second-order valence-corrected chi connectivity index (χ2v) is 8.81. The summed E-state index contributed by atoms with van der Waals surface area (Å²) in [5, 5.41) is 2.25. The van der Waals surface area contributed by atoms with Crippen molar-refractivity contribution in [1.29, 1.82) is 0 Å². The van der Waals surface area contributed by atoms with Crippen LogP contribution in [-0.2, 0) is 20.9 Å². The van der Waals surface area contributed by atoms with Crippen molar-refractivity contribution in [3.05, 3.63) is 71.2 Å². The van der Waals surface area contributed by atoms with E-state index >= 15 is 0 Å². The molecule has 8 heteroatoms. The number of rotatable bonds is 13. The summed E-state index contributed by atoms with van der Waals surface area (Å²) in [5.74, 6) is -0.0374. The van der Waals surface area contributed by atoms with Crippen LogP contribution in [0.2, 0.25) is 0 Å². The van der Waals surface area contributed by atoms with E-state index in [9.17, 15) is 14.4 Å². The number of hydrogen-bond donors (Lipinski definition) is 0. The molecule has 1 heterocycles. The van der Waals surface area contributed by atoms with Gasteiger partial charge in [0.15, 0.2) is 10.9 Å². The number of benzene rings is 2. The third-order valence-electron chi connectivity index (χ3n) is 5.19. The summed E-state index contributed by atoms with van der Waals surface area (Å²) in [7, 11) is 0. The van der Waals surface area contributed by atoms with Gasteiger partial charge in [-0.3, -0.25) is 19.3 Å². The lowest BCUT2D eigenvalue weighted by Crippen LogP contribution is -2.22. The summed E-state index contributed by atoms with van der Waals surface area (Å²) in [5.41, 5.74) is 1.79. The molecule has 0 spiro atoms. The number of amides is 1. The van der Waals surface area contributed by atoms with Crippen LogP contribution < -0.4 is 9.64 Å². The molecule has 3 aromatic rings. The first-order valence-corrected chi connectivity index (χ1v) is 12.6. The number of esters is 1. The van der Waals surface area contributed by atoms with E-state index < -0.39 is 5.97 Å². The van der Waals surface area contributed by atoms with Gasteiger partial charge in [-0.05, 0) is 42.8 Å². The molecule has 0 aliphatic heterocycles. The number of hydrogen-bond acceptors (Lipinski definition) is 7. The highest BCUT2D eigenvalue weighted by Crippen LogP contribution is 2.29. The molecule has 1 aromatic heterocycles. The van der Waals surface area contributed by atoms with E-state index in [1.54, 1.807) is 29.6 Å². The Kier molecular flexibility index (Phi) is 9.98. The largest absolute Gasteiger partial charge is 0.494 e. The van der Waals surface area contributed by atoms with Crippen LogP contribution in [0.25, 0.3) is 0 Å². The number of nitrogens with zero attached hydrogens (tertiary/aromatic N) is 2. The molecule has 1 amide bonds. The number of Topliss-reactive ketones (excluding diaryl/α,β-unsaturated/α-hetero) is 1. The predicted octanol–water partition coefficient (Wildman–Crippen LogP) is 6.10. The summed E-state index contributed by atoms with van der Waals surface area (Å²) < 4.78 is 10.9. The van der Waals surface area contributed by atoms with E-state index in [0.717, 1.165) is 25.0 Å². The van der Waals surface area contributed by atoms with Crippen molar-refractivity contribution in [3.63, 3.8) is 0 Å². The summed E-state index contributed by atoms with van der Waals surface area (Å²) in [6.07, 6.45) is 3.31. The van der Waals surface area contributed by atoms with E-state index in [0.29, 0.717) is 28.7 Å². The van der Waals surface area contributed by atoms with Gasteiger partial charge in [0.2, 0.25) is 5.91 Å². The third kappa shape index (κ3) is 8.03. The van der Waals surface area contributed by atoms with Gasteiger partial charge >= 0.3 is 5.97 Å². The third-order valence-corrected chi connectivity index (χ3v) is 6.06. The number of carbonyl (C=O) groups is 3. The first kappa shape index (κ1) is 26.1. The number of thiazole rings is 1. The molecule has 0 N–H and O–H groups in total. The van der Waals surface area contributed by atoms with Crippen LogP contribution in [0.4, 0.5) is 10.8 Å². The molecule has 0 atom stereocenters. The molecule has 7 nitrogen and oxygen atoms in total. The molecular weight excluding hydrogens is 464 g/mol. The zero-order valence-electron chi connectivity index (χ0n) is 20.1. The summed E-state index contributed by atoms with van der Waals surface area (Å²) in [6.45, 7) is 4.25. The quantitative estimate of drug-likeness (QED) is 0.162. The van der Waals surface area contributed by atoms with Crippen LogP contribution in [0.3, 0.4) is 0 Å². The molecule has 2 aromatic carbocycles. The van der Waals surface area contributed by atoms with E-state index in [-0.39, 0.29) is 31.1 Å². The predicted molar refractivity (Wildman–Crippen MR) is 136 cm³/mol. The molecule has 0 bridgehead atoms. The van der Waals surface area contributed by atoms with Gasteiger partial charge in [-0.2, -0.15) is 0 Å². The van der Waals surface area contributed by atoms with E-state index in [1.165, 1.54) is 23.2 Å². The summed E-state index contributed by atoms with van der Waals surface area (Å²) >= 11 is 1.29. The van der Waals surface area contributed by atoms with Crippen molar-refractivity contribution in [1.82, 2.24) is 4.98 Å². The van der Waals surface area contributed by atoms with Crippen molar-refractivity contribution >= 4 is 39.8 Å². The Bertz CT molecular complexity index is 1110. The zero-order valence-corrected chi connectivity index (χ0v) is 20.9. The number of ketones is 1.